The molecular formula is C14H22N2O. The standard InChI is InChI=1S/C14H22N2O/c1-11(10-16(2)3)15-9-13-8-12-6-4-5-7-14(12)17-13/h4-7,11,13,15H,8-10H2,1-3H3. The Hall–Kier alpha value is -1.06. The lowest BCUT2D eigenvalue weighted by Gasteiger charge is -2.20. The molecule has 1 aromatic rings. The van der Waals surface area contributed by atoms with Crippen LogP contribution < -0.4 is 10.1 Å². The van der Waals surface area contributed by atoms with Crippen molar-refractivity contribution in [3.63, 3.8) is 0 Å². The van der Waals surface area contributed by atoms with Gasteiger partial charge in [-0.3, -0.25) is 0 Å². The van der Waals surface area contributed by atoms with Crippen molar-refractivity contribution in [1.29, 1.82) is 0 Å². The smallest absolute Gasteiger partial charge is 0.123 e. The number of nitrogens with zero attached hydrogens (tertiary/aromatic N) is 1. The number of fused-ring (bicyclic) bond motifs is 1. The molecule has 3 heteroatoms. The molecule has 1 aliphatic heterocycles. The third kappa shape index (κ3) is 3.45. The molecule has 2 unspecified atom stereocenters. The monoisotopic (exact) mass is 234 g/mol. The zero-order chi connectivity index (χ0) is 12.3. The molecule has 0 spiro atoms. The van der Waals surface area contributed by atoms with E-state index in [2.05, 4.69) is 49.4 Å². The number of likely N-dealkylation sites (N-methyl/N-ethyl adjacent to an activating group) is 1. The molecule has 0 fully saturated rings. The summed E-state index contributed by atoms with van der Waals surface area (Å²) in [5.74, 6) is 1.06. The minimum atomic E-state index is 0.289. The number of nitrogens with one attached hydrogen (secondary N) is 1. The number of hydrogen-bond acceptors (Lipinski definition) is 3. The first-order chi connectivity index (χ1) is 8.15. The van der Waals surface area contributed by atoms with Crippen molar-refractivity contribution in [2.45, 2.75) is 25.5 Å². The number of rotatable bonds is 5. The van der Waals surface area contributed by atoms with Crippen molar-refractivity contribution < 1.29 is 4.74 Å². The summed E-state index contributed by atoms with van der Waals surface area (Å²) in [7, 11) is 4.19. The highest BCUT2D eigenvalue weighted by Crippen LogP contribution is 2.27. The van der Waals surface area contributed by atoms with Crippen LogP contribution in [0.3, 0.4) is 0 Å². The van der Waals surface area contributed by atoms with Gasteiger partial charge in [0.2, 0.25) is 0 Å². The number of benzene rings is 1. The van der Waals surface area contributed by atoms with Crippen LogP contribution in [0.25, 0.3) is 0 Å². The predicted octanol–water partition coefficient (Wildman–Crippen LogP) is 1.53. The molecule has 2 rings (SSSR count). The van der Waals surface area contributed by atoms with Gasteiger partial charge in [-0.05, 0) is 32.6 Å². The molecule has 1 aliphatic rings. The van der Waals surface area contributed by atoms with E-state index in [1.807, 2.05) is 6.07 Å². The van der Waals surface area contributed by atoms with E-state index in [0.717, 1.165) is 25.3 Å². The quantitative estimate of drug-likeness (QED) is 0.836. The Morgan fingerprint density at radius 3 is 2.88 bits per heavy atom. The van der Waals surface area contributed by atoms with Gasteiger partial charge in [-0.2, -0.15) is 0 Å². The fraction of sp³-hybridized carbons (Fsp3) is 0.571. The molecule has 0 aliphatic carbocycles. The van der Waals surface area contributed by atoms with E-state index < -0.39 is 0 Å². The van der Waals surface area contributed by atoms with Gasteiger partial charge in [0.15, 0.2) is 0 Å². The van der Waals surface area contributed by atoms with Crippen LogP contribution in [0.2, 0.25) is 0 Å². The Balaban J connectivity index is 1.76. The molecule has 0 bridgehead atoms. The predicted molar refractivity (Wildman–Crippen MR) is 70.6 cm³/mol. The first-order valence-corrected chi connectivity index (χ1v) is 6.28. The Kier molecular flexibility index (Phi) is 4.02. The van der Waals surface area contributed by atoms with Crippen LogP contribution in [0.1, 0.15) is 12.5 Å². The van der Waals surface area contributed by atoms with Crippen LogP contribution >= 0.6 is 0 Å². The van der Waals surface area contributed by atoms with Crippen molar-refractivity contribution in [1.82, 2.24) is 10.2 Å². The largest absolute Gasteiger partial charge is 0.488 e. The Labute approximate surface area is 104 Å². The average Bonchev–Trinajstić information content (AvgIpc) is 2.68. The second kappa shape index (κ2) is 5.52. The number of ether oxygens (including phenoxy) is 1. The van der Waals surface area contributed by atoms with E-state index >= 15 is 0 Å². The maximum atomic E-state index is 5.89. The minimum Gasteiger partial charge on any atom is -0.488 e. The van der Waals surface area contributed by atoms with Crippen molar-refractivity contribution in [2.75, 3.05) is 27.2 Å². The molecule has 1 heterocycles. The highest BCUT2D eigenvalue weighted by Gasteiger charge is 2.22. The summed E-state index contributed by atoms with van der Waals surface area (Å²) < 4.78 is 5.89. The van der Waals surface area contributed by atoms with E-state index in [0.29, 0.717) is 6.04 Å². The topological polar surface area (TPSA) is 24.5 Å². The maximum Gasteiger partial charge on any atom is 0.123 e. The molecule has 0 saturated carbocycles. The van der Waals surface area contributed by atoms with Crippen molar-refractivity contribution in [2.24, 2.45) is 0 Å². The lowest BCUT2D eigenvalue weighted by Crippen LogP contribution is -2.41. The maximum absolute atomic E-state index is 5.89. The van der Waals surface area contributed by atoms with Crippen LogP contribution in [0.4, 0.5) is 0 Å². The van der Waals surface area contributed by atoms with E-state index in [1.165, 1.54) is 5.56 Å². The van der Waals surface area contributed by atoms with Crippen LogP contribution in [0, 0.1) is 0 Å². The second-order valence-corrected chi connectivity index (χ2v) is 5.12. The summed E-state index contributed by atoms with van der Waals surface area (Å²) in [6.07, 6.45) is 1.31. The van der Waals surface area contributed by atoms with Gasteiger partial charge >= 0.3 is 0 Å². The number of hydrogen-bond donors (Lipinski definition) is 1. The van der Waals surface area contributed by atoms with Crippen LogP contribution in [-0.2, 0) is 6.42 Å². The molecule has 2 atom stereocenters. The summed E-state index contributed by atoms with van der Waals surface area (Å²) in [5.41, 5.74) is 1.33. The van der Waals surface area contributed by atoms with Gasteiger partial charge in [0.1, 0.15) is 11.9 Å². The van der Waals surface area contributed by atoms with Gasteiger partial charge in [-0.25, -0.2) is 0 Å². The van der Waals surface area contributed by atoms with Crippen LogP contribution in [-0.4, -0.2) is 44.2 Å². The van der Waals surface area contributed by atoms with Gasteiger partial charge in [-0.15, -0.1) is 0 Å². The number of para-hydroxylation sites is 1. The van der Waals surface area contributed by atoms with E-state index in [-0.39, 0.29) is 6.10 Å². The summed E-state index contributed by atoms with van der Waals surface area (Å²) in [6.45, 7) is 4.19. The van der Waals surface area contributed by atoms with Crippen molar-refractivity contribution in [3.8, 4) is 5.75 Å². The third-order valence-corrected chi connectivity index (χ3v) is 3.05. The Morgan fingerprint density at radius 1 is 1.41 bits per heavy atom. The Morgan fingerprint density at radius 2 is 2.18 bits per heavy atom. The SMILES string of the molecule is CC(CN(C)C)NCC1Cc2ccccc2O1. The average molecular weight is 234 g/mol. The van der Waals surface area contributed by atoms with E-state index in [4.69, 9.17) is 4.74 Å². The third-order valence-electron chi connectivity index (χ3n) is 3.05. The summed E-state index contributed by atoms with van der Waals surface area (Å²) >= 11 is 0. The molecule has 94 valence electrons. The normalized spacial score (nSPS) is 20.1. The molecule has 17 heavy (non-hydrogen) atoms. The van der Waals surface area contributed by atoms with Crippen molar-refractivity contribution in [3.05, 3.63) is 29.8 Å². The highest BCUT2D eigenvalue weighted by molar-refractivity contribution is 5.37. The van der Waals surface area contributed by atoms with Crippen LogP contribution in [0.15, 0.2) is 24.3 Å². The van der Waals surface area contributed by atoms with Gasteiger partial charge in [0, 0.05) is 25.6 Å². The first-order valence-electron chi connectivity index (χ1n) is 6.28. The molecule has 1 N–H and O–H groups in total. The molecular weight excluding hydrogens is 212 g/mol. The van der Waals surface area contributed by atoms with Crippen LogP contribution in [0.5, 0.6) is 5.75 Å². The lowest BCUT2D eigenvalue weighted by molar-refractivity contribution is 0.217. The summed E-state index contributed by atoms with van der Waals surface area (Å²) in [4.78, 5) is 2.20. The molecule has 0 radical (unpaired) electrons. The van der Waals surface area contributed by atoms with Gasteiger partial charge in [0.05, 0.1) is 0 Å². The molecule has 1 aromatic carbocycles. The lowest BCUT2D eigenvalue weighted by atomic mass is 10.1. The zero-order valence-corrected chi connectivity index (χ0v) is 10.9. The summed E-state index contributed by atoms with van der Waals surface area (Å²) in [6, 6.07) is 8.81. The molecule has 0 amide bonds. The van der Waals surface area contributed by atoms with Gasteiger partial charge < -0.3 is 15.0 Å². The molecule has 0 saturated heterocycles. The molecule has 0 aromatic heterocycles. The van der Waals surface area contributed by atoms with E-state index in [9.17, 15) is 0 Å². The Bertz CT molecular complexity index is 340. The fourth-order valence-electron chi connectivity index (χ4n) is 2.31. The highest BCUT2D eigenvalue weighted by atomic mass is 16.5. The molecule has 3 nitrogen and oxygen atoms in total. The van der Waals surface area contributed by atoms with Gasteiger partial charge in [0.25, 0.3) is 0 Å². The van der Waals surface area contributed by atoms with Gasteiger partial charge in [-0.1, -0.05) is 18.2 Å². The first kappa shape index (κ1) is 12.4. The summed E-state index contributed by atoms with van der Waals surface area (Å²) in [5, 5.41) is 3.52. The van der Waals surface area contributed by atoms with Crippen molar-refractivity contribution >= 4 is 0 Å². The fourth-order valence-corrected chi connectivity index (χ4v) is 2.31. The minimum absolute atomic E-state index is 0.289. The van der Waals surface area contributed by atoms with E-state index in [1.54, 1.807) is 0 Å². The second-order valence-electron chi connectivity index (χ2n) is 5.12. The zero-order valence-electron chi connectivity index (χ0n) is 10.9.